The zero-order chi connectivity index (χ0) is 34.1. The minimum absolute atomic E-state index is 0.0965. The standard InChI is InChI=1S/C36H49N5O5S/c1-6-47(45,46)39-31-22-29(35(43)37-26(4)28-16-11-8-12-17-28)21-30(23-31)36(44)38-32(20-27-14-9-7-10-15-27)33(42)24-40(5)34-18-13-19-41(34)25(2)3/h7-12,14-17,21-23,25-26,32-34,39,42H,6,13,18-20,24H2,1-5H3,(H,37,43)(H,38,44)/t26-,32+,33-,34-/m1/s1. The Morgan fingerprint density at radius 2 is 1.53 bits per heavy atom. The van der Waals surface area contributed by atoms with Crippen molar-refractivity contribution in [3.63, 3.8) is 0 Å². The molecule has 254 valence electrons. The van der Waals surface area contributed by atoms with Gasteiger partial charge in [0.05, 0.1) is 35.8 Å². The summed E-state index contributed by atoms with van der Waals surface area (Å²) in [4.78, 5) is 31.9. The second-order valence-corrected chi connectivity index (χ2v) is 14.7. The summed E-state index contributed by atoms with van der Waals surface area (Å²) in [5.41, 5.74) is 2.18. The van der Waals surface area contributed by atoms with Crippen molar-refractivity contribution in [1.29, 1.82) is 0 Å². The third-order valence-electron chi connectivity index (χ3n) is 8.75. The number of rotatable bonds is 15. The van der Waals surface area contributed by atoms with Crippen LogP contribution in [0.4, 0.5) is 5.69 Å². The van der Waals surface area contributed by atoms with Gasteiger partial charge >= 0.3 is 0 Å². The van der Waals surface area contributed by atoms with Crippen molar-refractivity contribution in [2.45, 2.75) is 77.4 Å². The van der Waals surface area contributed by atoms with Gasteiger partial charge in [-0.05, 0) is 83.3 Å². The van der Waals surface area contributed by atoms with E-state index in [9.17, 15) is 23.1 Å². The van der Waals surface area contributed by atoms with Crippen LogP contribution in [0, 0.1) is 0 Å². The van der Waals surface area contributed by atoms with Crippen molar-refractivity contribution >= 4 is 27.5 Å². The van der Waals surface area contributed by atoms with E-state index in [4.69, 9.17) is 0 Å². The number of aliphatic hydroxyl groups is 1. The molecule has 1 fully saturated rings. The average Bonchev–Trinajstić information content (AvgIpc) is 3.56. The fourth-order valence-electron chi connectivity index (χ4n) is 6.10. The van der Waals surface area contributed by atoms with Crippen LogP contribution in [0.2, 0.25) is 0 Å². The minimum atomic E-state index is -3.70. The molecular weight excluding hydrogens is 614 g/mol. The SMILES string of the molecule is CCS(=O)(=O)Nc1cc(C(=O)N[C@@H](Cc2ccccc2)[C@H](O)CN(C)[C@H]2CCCN2C(C)C)cc(C(=O)N[C@H](C)c2ccccc2)c1. The fourth-order valence-corrected chi connectivity index (χ4v) is 6.72. The highest BCUT2D eigenvalue weighted by Crippen LogP contribution is 2.24. The maximum atomic E-state index is 13.9. The first kappa shape index (κ1) is 36.1. The molecule has 3 aromatic rings. The maximum absolute atomic E-state index is 13.9. The Balaban J connectivity index is 1.60. The molecule has 4 atom stereocenters. The summed E-state index contributed by atoms with van der Waals surface area (Å²) in [5, 5.41) is 17.5. The highest BCUT2D eigenvalue weighted by molar-refractivity contribution is 7.92. The molecule has 10 nitrogen and oxygen atoms in total. The molecule has 4 N–H and O–H groups in total. The van der Waals surface area contributed by atoms with Gasteiger partial charge in [0.2, 0.25) is 10.0 Å². The predicted octanol–water partition coefficient (Wildman–Crippen LogP) is 4.40. The summed E-state index contributed by atoms with van der Waals surface area (Å²) >= 11 is 0. The minimum Gasteiger partial charge on any atom is -0.390 e. The molecule has 0 saturated carbocycles. The lowest BCUT2D eigenvalue weighted by molar-refractivity contribution is 0.0220. The first-order valence-corrected chi connectivity index (χ1v) is 18.0. The van der Waals surface area contributed by atoms with Crippen molar-refractivity contribution in [3.8, 4) is 0 Å². The largest absolute Gasteiger partial charge is 0.390 e. The quantitative estimate of drug-likeness (QED) is 0.190. The molecule has 0 unspecified atom stereocenters. The van der Waals surface area contributed by atoms with E-state index in [1.165, 1.54) is 25.1 Å². The topological polar surface area (TPSA) is 131 Å². The molecule has 11 heteroatoms. The van der Waals surface area contributed by atoms with E-state index in [-0.39, 0.29) is 34.8 Å². The predicted molar refractivity (Wildman–Crippen MR) is 187 cm³/mol. The zero-order valence-electron chi connectivity index (χ0n) is 28.0. The van der Waals surface area contributed by atoms with Gasteiger partial charge in [-0.3, -0.25) is 24.1 Å². The number of carbonyl (C=O) groups excluding carboxylic acids is 2. The molecule has 0 bridgehead atoms. The van der Waals surface area contributed by atoms with E-state index in [1.54, 1.807) is 0 Å². The average molecular weight is 664 g/mol. The monoisotopic (exact) mass is 663 g/mol. The summed E-state index contributed by atoms with van der Waals surface area (Å²) in [6, 6.07) is 22.8. The Hall–Kier alpha value is -3.77. The molecular formula is C36H49N5O5S. The van der Waals surface area contributed by atoms with E-state index in [0.717, 1.165) is 30.5 Å². The molecule has 0 radical (unpaired) electrons. The summed E-state index contributed by atoms with van der Waals surface area (Å²) < 4.78 is 27.5. The number of hydrogen-bond donors (Lipinski definition) is 4. The molecule has 47 heavy (non-hydrogen) atoms. The molecule has 1 saturated heterocycles. The number of carbonyl (C=O) groups is 2. The second-order valence-electron chi connectivity index (χ2n) is 12.6. The number of nitrogens with zero attached hydrogens (tertiary/aromatic N) is 2. The highest BCUT2D eigenvalue weighted by atomic mass is 32.2. The van der Waals surface area contributed by atoms with Crippen molar-refractivity contribution in [2.75, 3.05) is 30.6 Å². The van der Waals surface area contributed by atoms with Crippen molar-refractivity contribution in [3.05, 3.63) is 101 Å². The van der Waals surface area contributed by atoms with Crippen LogP contribution in [0.5, 0.6) is 0 Å². The van der Waals surface area contributed by atoms with Gasteiger partial charge < -0.3 is 15.7 Å². The van der Waals surface area contributed by atoms with Crippen LogP contribution in [-0.4, -0.2) is 85.4 Å². The second kappa shape index (κ2) is 16.4. The number of benzene rings is 3. The molecule has 3 aromatic carbocycles. The molecule has 1 heterocycles. The van der Waals surface area contributed by atoms with Gasteiger partial charge in [-0.25, -0.2) is 8.42 Å². The van der Waals surface area contributed by atoms with Crippen LogP contribution in [0.15, 0.2) is 78.9 Å². The Kier molecular flexibility index (Phi) is 12.6. The van der Waals surface area contributed by atoms with Crippen molar-refractivity contribution < 1.29 is 23.1 Å². The lowest BCUT2D eigenvalue weighted by atomic mass is 9.99. The van der Waals surface area contributed by atoms with Crippen LogP contribution in [0.1, 0.15) is 78.4 Å². The number of hydrogen-bond acceptors (Lipinski definition) is 7. The van der Waals surface area contributed by atoms with E-state index in [0.29, 0.717) is 19.0 Å². The third-order valence-corrected chi connectivity index (χ3v) is 10.1. The fraction of sp³-hybridized carbons (Fsp3) is 0.444. The van der Waals surface area contributed by atoms with Crippen LogP contribution < -0.4 is 15.4 Å². The Morgan fingerprint density at radius 3 is 2.13 bits per heavy atom. The highest BCUT2D eigenvalue weighted by Gasteiger charge is 2.32. The number of amides is 2. The maximum Gasteiger partial charge on any atom is 0.251 e. The van der Waals surface area contributed by atoms with Gasteiger partial charge in [-0.1, -0.05) is 60.7 Å². The molecule has 1 aliphatic heterocycles. The summed E-state index contributed by atoms with van der Waals surface area (Å²) in [6.07, 6.45) is 1.76. The van der Waals surface area contributed by atoms with Gasteiger partial charge in [-0.2, -0.15) is 0 Å². The van der Waals surface area contributed by atoms with Gasteiger partial charge in [-0.15, -0.1) is 0 Å². The number of likely N-dealkylation sites (N-methyl/N-ethyl adjacent to an activating group) is 1. The Morgan fingerprint density at radius 1 is 0.936 bits per heavy atom. The van der Waals surface area contributed by atoms with Crippen molar-refractivity contribution in [1.82, 2.24) is 20.4 Å². The summed E-state index contributed by atoms with van der Waals surface area (Å²) in [7, 11) is -1.70. The molecule has 1 aliphatic rings. The van der Waals surface area contributed by atoms with Gasteiger partial charge in [0.15, 0.2) is 0 Å². The first-order valence-electron chi connectivity index (χ1n) is 16.4. The Bertz CT molecular complexity index is 1590. The van der Waals surface area contributed by atoms with Gasteiger partial charge in [0, 0.05) is 30.3 Å². The number of nitrogens with one attached hydrogen (secondary N) is 3. The molecule has 4 rings (SSSR count). The summed E-state index contributed by atoms with van der Waals surface area (Å²) in [5.74, 6) is -1.16. The van der Waals surface area contributed by atoms with Crippen LogP contribution in [0.25, 0.3) is 0 Å². The summed E-state index contributed by atoms with van der Waals surface area (Å²) in [6.45, 7) is 9.05. The number of sulfonamides is 1. The van der Waals surface area contributed by atoms with Gasteiger partial charge in [0.25, 0.3) is 11.8 Å². The number of aliphatic hydroxyl groups excluding tert-OH is 1. The normalized spacial score (nSPS) is 17.3. The number of likely N-dealkylation sites (tertiary alicyclic amines) is 1. The molecule has 2 amide bonds. The van der Waals surface area contributed by atoms with Gasteiger partial charge in [0.1, 0.15) is 0 Å². The lowest BCUT2D eigenvalue weighted by Gasteiger charge is -2.37. The first-order chi connectivity index (χ1) is 22.4. The van der Waals surface area contributed by atoms with E-state index in [1.807, 2.05) is 74.6 Å². The van der Waals surface area contributed by atoms with Crippen LogP contribution in [0.3, 0.4) is 0 Å². The van der Waals surface area contributed by atoms with E-state index in [2.05, 4.69) is 39.0 Å². The number of anilines is 1. The molecule has 0 aliphatic carbocycles. The third kappa shape index (κ3) is 10.1. The lowest BCUT2D eigenvalue weighted by Crippen LogP contribution is -2.53. The van der Waals surface area contributed by atoms with Crippen molar-refractivity contribution in [2.24, 2.45) is 0 Å². The van der Waals surface area contributed by atoms with E-state index >= 15 is 0 Å². The molecule has 0 aromatic heterocycles. The smallest absolute Gasteiger partial charge is 0.251 e. The van der Waals surface area contributed by atoms with Crippen LogP contribution in [-0.2, 0) is 16.4 Å². The Labute approximate surface area is 279 Å². The zero-order valence-corrected chi connectivity index (χ0v) is 28.8. The molecule has 0 spiro atoms. The van der Waals surface area contributed by atoms with Crippen LogP contribution >= 0.6 is 0 Å². The van der Waals surface area contributed by atoms with E-state index < -0.39 is 34.0 Å².